The van der Waals surface area contributed by atoms with Crippen molar-refractivity contribution in [3.63, 3.8) is 0 Å². The van der Waals surface area contributed by atoms with Gasteiger partial charge in [-0.05, 0) is 47.0 Å². The van der Waals surface area contributed by atoms with Crippen LogP contribution in [0.1, 0.15) is 79.6 Å². The molecular weight excluding hydrogens is 670 g/mol. The van der Waals surface area contributed by atoms with Crippen LogP contribution in [0.5, 0.6) is 0 Å². The van der Waals surface area contributed by atoms with Crippen LogP contribution in [-0.4, -0.2) is 93.2 Å². The van der Waals surface area contributed by atoms with Crippen molar-refractivity contribution in [2.75, 3.05) is 13.2 Å². The topological polar surface area (TPSA) is 128 Å². The molecule has 46 heavy (non-hydrogen) atoms. The zero-order valence-corrected chi connectivity index (χ0v) is 26.6. The third kappa shape index (κ3) is 8.78. The Morgan fingerprint density at radius 3 is 2.11 bits per heavy atom. The standard InChI is InChI=1S/C26H39F8NO10S/c1-6-7-10-13-35-16(36)11-8-9-12-23(27,28)24(29,30)45-25(31,32)26(33,34)46(37,38)44-18-17(15-14-39-21(2,3)41-15)40-20-19(18)42-22(4,5)43-20/h15,17-20H,6-14H2,1-5H3,(H,35,36)/t15?,17-,18?,19+,20-/m1/s1. The van der Waals surface area contributed by atoms with E-state index in [-0.39, 0.29) is 19.4 Å². The molecule has 0 bridgehead atoms. The Morgan fingerprint density at radius 2 is 1.52 bits per heavy atom. The molecule has 0 aliphatic carbocycles. The van der Waals surface area contributed by atoms with Gasteiger partial charge in [-0.1, -0.05) is 19.8 Å². The lowest BCUT2D eigenvalue weighted by atomic mass is 10.1. The Morgan fingerprint density at radius 1 is 0.870 bits per heavy atom. The number of hydrogen-bond donors (Lipinski definition) is 1. The van der Waals surface area contributed by atoms with Crippen LogP contribution >= 0.6 is 0 Å². The summed E-state index contributed by atoms with van der Waals surface area (Å²) < 4.78 is 175. The van der Waals surface area contributed by atoms with Crippen molar-refractivity contribution >= 4 is 16.0 Å². The molecule has 1 N–H and O–H groups in total. The number of amides is 1. The summed E-state index contributed by atoms with van der Waals surface area (Å²) in [6, 6.07) is 0. The minimum Gasteiger partial charge on any atom is -0.356 e. The van der Waals surface area contributed by atoms with Gasteiger partial charge in [0.05, 0.1) is 6.61 Å². The molecule has 3 aliphatic rings. The average Bonchev–Trinajstić information content (AvgIpc) is 3.52. The molecular formula is C26H39F8NO10S. The van der Waals surface area contributed by atoms with Crippen molar-refractivity contribution < 1.29 is 80.9 Å². The van der Waals surface area contributed by atoms with Gasteiger partial charge in [-0.15, -0.1) is 0 Å². The van der Waals surface area contributed by atoms with Gasteiger partial charge in [0, 0.05) is 19.4 Å². The number of carbonyl (C=O) groups excluding carboxylic acids is 1. The van der Waals surface area contributed by atoms with Crippen molar-refractivity contribution in [2.24, 2.45) is 0 Å². The quantitative estimate of drug-likeness (QED) is 0.125. The van der Waals surface area contributed by atoms with Crippen LogP contribution in [0.25, 0.3) is 0 Å². The smallest absolute Gasteiger partial charge is 0.356 e. The lowest BCUT2D eigenvalue weighted by molar-refractivity contribution is -0.456. The Labute approximate surface area is 261 Å². The molecule has 0 radical (unpaired) electrons. The van der Waals surface area contributed by atoms with Gasteiger partial charge in [0.2, 0.25) is 5.91 Å². The first-order chi connectivity index (χ1) is 20.9. The number of nitrogens with one attached hydrogen (secondary N) is 1. The molecule has 3 heterocycles. The molecule has 3 aliphatic heterocycles. The number of alkyl halides is 8. The highest BCUT2D eigenvalue weighted by atomic mass is 32.2. The highest BCUT2D eigenvalue weighted by molar-refractivity contribution is 7.87. The van der Waals surface area contributed by atoms with Gasteiger partial charge in [0.25, 0.3) is 0 Å². The molecule has 3 rings (SSSR count). The van der Waals surface area contributed by atoms with Gasteiger partial charge in [-0.25, -0.2) is 4.74 Å². The van der Waals surface area contributed by atoms with E-state index in [4.69, 9.17) is 23.7 Å². The van der Waals surface area contributed by atoms with Crippen LogP contribution < -0.4 is 5.32 Å². The van der Waals surface area contributed by atoms with Crippen molar-refractivity contribution in [3.05, 3.63) is 0 Å². The van der Waals surface area contributed by atoms with Crippen LogP contribution in [-0.2, 0) is 47.5 Å². The molecule has 1 amide bonds. The van der Waals surface area contributed by atoms with Gasteiger partial charge in [-0.2, -0.15) is 43.5 Å². The van der Waals surface area contributed by atoms with Crippen LogP contribution in [0.2, 0.25) is 0 Å². The van der Waals surface area contributed by atoms with Crippen LogP contribution in [0.15, 0.2) is 0 Å². The van der Waals surface area contributed by atoms with E-state index in [1.807, 2.05) is 6.92 Å². The highest BCUT2D eigenvalue weighted by Crippen LogP contribution is 2.50. The summed E-state index contributed by atoms with van der Waals surface area (Å²) in [5.74, 6) is -8.79. The molecule has 3 fully saturated rings. The minimum atomic E-state index is -6.97. The van der Waals surface area contributed by atoms with Gasteiger partial charge in [-0.3, -0.25) is 8.98 Å². The average molecular weight is 710 g/mol. The van der Waals surface area contributed by atoms with E-state index < -0.39 is 94.5 Å². The maximum Gasteiger partial charge on any atom is 0.460 e. The predicted molar refractivity (Wildman–Crippen MR) is 139 cm³/mol. The Hall–Kier alpha value is -1.42. The molecule has 11 nitrogen and oxygen atoms in total. The monoisotopic (exact) mass is 709 g/mol. The molecule has 20 heteroatoms. The fourth-order valence-electron chi connectivity index (χ4n) is 4.91. The SMILES string of the molecule is CCCCCNC(=O)CCCCC(F)(F)C(F)(F)OC(F)(F)C(F)(F)S(=O)(=O)OC1[C@@H](C2COC(C)(C)O2)O[C@@H]2OC(C)(C)O[C@@H]12. The van der Waals surface area contributed by atoms with Crippen molar-refractivity contribution in [1.29, 1.82) is 0 Å². The molecule has 0 spiro atoms. The molecule has 270 valence electrons. The number of rotatable bonds is 17. The number of fused-ring (bicyclic) bond motifs is 1. The second-order valence-electron chi connectivity index (χ2n) is 12.1. The maximum atomic E-state index is 14.8. The first kappa shape index (κ1) is 39.0. The van der Waals surface area contributed by atoms with E-state index in [9.17, 15) is 48.3 Å². The molecule has 2 unspecified atom stereocenters. The highest BCUT2D eigenvalue weighted by Gasteiger charge is 2.75. The molecule has 3 saturated heterocycles. The minimum absolute atomic E-state index is 0.305. The number of hydrogen-bond acceptors (Lipinski definition) is 10. The first-order valence-corrected chi connectivity index (χ1v) is 16.0. The van der Waals surface area contributed by atoms with E-state index in [2.05, 4.69) is 14.2 Å². The van der Waals surface area contributed by atoms with Gasteiger partial charge in [0.15, 0.2) is 17.9 Å². The van der Waals surface area contributed by atoms with Crippen molar-refractivity contribution in [1.82, 2.24) is 5.32 Å². The van der Waals surface area contributed by atoms with Crippen LogP contribution in [0.4, 0.5) is 35.1 Å². The largest absolute Gasteiger partial charge is 0.460 e. The van der Waals surface area contributed by atoms with E-state index in [1.54, 1.807) is 0 Å². The summed E-state index contributed by atoms with van der Waals surface area (Å²) in [5, 5.41) is -4.15. The lowest BCUT2D eigenvalue weighted by Gasteiger charge is -2.33. The summed E-state index contributed by atoms with van der Waals surface area (Å²) in [6.07, 6.45) is -22.2. The molecule has 5 atom stereocenters. The molecule has 0 aromatic carbocycles. The second-order valence-corrected chi connectivity index (χ2v) is 13.7. The normalized spacial score (nSPS) is 28.4. The summed E-state index contributed by atoms with van der Waals surface area (Å²) in [6.45, 7) is 7.47. The van der Waals surface area contributed by atoms with E-state index >= 15 is 0 Å². The third-order valence-corrected chi connectivity index (χ3v) is 8.58. The Balaban J connectivity index is 1.69. The van der Waals surface area contributed by atoms with Gasteiger partial charge < -0.3 is 29.0 Å². The number of unbranched alkanes of at least 4 members (excludes halogenated alkanes) is 3. The Kier molecular flexibility index (Phi) is 11.7. The van der Waals surface area contributed by atoms with Gasteiger partial charge in [0.1, 0.15) is 24.4 Å². The van der Waals surface area contributed by atoms with Crippen molar-refractivity contribution in [3.8, 4) is 0 Å². The third-order valence-electron chi connectivity index (χ3n) is 7.24. The molecule has 0 aromatic heterocycles. The molecule has 0 saturated carbocycles. The summed E-state index contributed by atoms with van der Waals surface area (Å²) in [5.41, 5.74) is 0. The first-order valence-electron chi connectivity index (χ1n) is 14.6. The van der Waals surface area contributed by atoms with E-state index in [0.29, 0.717) is 13.0 Å². The van der Waals surface area contributed by atoms with E-state index in [0.717, 1.165) is 12.8 Å². The number of ether oxygens (including phenoxy) is 6. The second kappa shape index (κ2) is 13.8. The Bertz CT molecular complexity index is 1170. The van der Waals surface area contributed by atoms with Crippen LogP contribution in [0.3, 0.4) is 0 Å². The number of carbonyl (C=O) groups is 1. The summed E-state index contributed by atoms with van der Waals surface area (Å²) in [7, 11) is -6.97. The molecule has 0 aromatic rings. The van der Waals surface area contributed by atoms with Crippen molar-refractivity contribution in [2.45, 2.75) is 145 Å². The number of halogens is 8. The fourth-order valence-corrected chi connectivity index (χ4v) is 5.87. The lowest BCUT2D eigenvalue weighted by Crippen LogP contribution is -2.57. The zero-order chi connectivity index (χ0) is 35.0. The predicted octanol–water partition coefficient (Wildman–Crippen LogP) is 5.03. The van der Waals surface area contributed by atoms with E-state index in [1.165, 1.54) is 27.7 Å². The fraction of sp³-hybridized carbons (Fsp3) is 0.962. The maximum absolute atomic E-state index is 14.8. The summed E-state index contributed by atoms with van der Waals surface area (Å²) >= 11 is 0. The summed E-state index contributed by atoms with van der Waals surface area (Å²) in [4.78, 5) is 11.7. The van der Waals surface area contributed by atoms with Crippen LogP contribution in [0, 0.1) is 0 Å². The zero-order valence-electron chi connectivity index (χ0n) is 25.8. The van der Waals surface area contributed by atoms with Gasteiger partial charge >= 0.3 is 33.5 Å².